The Morgan fingerprint density at radius 1 is 1.17 bits per heavy atom. The van der Waals surface area contributed by atoms with E-state index < -0.39 is 0 Å². The average Bonchev–Trinajstić information content (AvgIpc) is 3.45. The number of rotatable bonds is 11. The van der Waals surface area contributed by atoms with E-state index in [2.05, 4.69) is 21.1 Å². The van der Waals surface area contributed by atoms with Crippen LogP contribution in [0.5, 0.6) is 0 Å². The maximum atomic E-state index is 5.35. The summed E-state index contributed by atoms with van der Waals surface area (Å²) in [6.45, 7) is 2.25. The van der Waals surface area contributed by atoms with Gasteiger partial charge in [0, 0.05) is 0 Å². The number of thiol groups is 2. The summed E-state index contributed by atoms with van der Waals surface area (Å²) < 4.78 is 14.8. The average molecular weight is 458 g/mol. The second kappa shape index (κ2) is 9.21. The molecule has 130 valence electrons. The van der Waals surface area contributed by atoms with Crippen LogP contribution in [0.3, 0.4) is 0 Å². The molecule has 2 aliphatic heterocycles. The van der Waals surface area contributed by atoms with Crippen molar-refractivity contribution < 1.29 is 8.37 Å². The van der Waals surface area contributed by atoms with Crippen molar-refractivity contribution >= 4 is 64.1 Å². The first kappa shape index (κ1) is 19.0. The molecule has 3 rings (SSSR count). The van der Waals surface area contributed by atoms with Gasteiger partial charge in [0.2, 0.25) is 0 Å². The fourth-order valence-electron chi connectivity index (χ4n) is 3.09. The van der Waals surface area contributed by atoms with Crippen molar-refractivity contribution in [2.75, 3.05) is 0 Å². The van der Waals surface area contributed by atoms with Crippen molar-refractivity contribution in [3.8, 4) is 0 Å². The molecule has 4 nitrogen and oxygen atoms in total. The summed E-state index contributed by atoms with van der Waals surface area (Å²) in [6.07, 6.45) is 5.29. The van der Waals surface area contributed by atoms with Crippen LogP contribution in [-0.4, -0.2) is 45.3 Å². The van der Waals surface area contributed by atoms with E-state index in [0.29, 0.717) is 33.2 Å². The summed E-state index contributed by atoms with van der Waals surface area (Å²) in [5.41, 5.74) is 1.80. The van der Waals surface area contributed by atoms with E-state index >= 15 is 0 Å². The summed E-state index contributed by atoms with van der Waals surface area (Å²) in [6, 6.07) is 0. The van der Waals surface area contributed by atoms with Crippen LogP contribution in [0.1, 0.15) is 38.3 Å². The Bertz CT molecular complexity index is 473. The molecule has 0 N–H and O–H groups in total. The van der Waals surface area contributed by atoms with Gasteiger partial charge >= 0.3 is 165 Å². The zero-order chi connectivity index (χ0) is 16.2. The Kier molecular flexibility index (Phi) is 7.59. The van der Waals surface area contributed by atoms with Crippen LogP contribution in [0.2, 0.25) is 0 Å². The molecule has 0 aliphatic carbocycles. The van der Waals surface area contributed by atoms with E-state index in [-0.39, 0.29) is 14.7 Å². The van der Waals surface area contributed by atoms with Crippen LogP contribution in [0.25, 0.3) is 0 Å². The first-order valence-electron chi connectivity index (χ1n) is 7.93. The monoisotopic (exact) mass is 458 g/mol. The van der Waals surface area contributed by atoms with Crippen LogP contribution in [0, 0.1) is 11.8 Å². The van der Waals surface area contributed by atoms with Crippen molar-refractivity contribution in [3.05, 3.63) is 10.6 Å². The molecule has 9 heteroatoms. The van der Waals surface area contributed by atoms with Gasteiger partial charge in [-0.3, -0.25) is 0 Å². The van der Waals surface area contributed by atoms with Crippen molar-refractivity contribution in [3.63, 3.8) is 0 Å². The number of aromatic nitrogens is 2. The van der Waals surface area contributed by atoms with Gasteiger partial charge in [-0.2, -0.15) is 0 Å². The zero-order valence-corrected chi connectivity index (χ0v) is 18.0. The zero-order valence-electron chi connectivity index (χ0n) is 12.9. The van der Waals surface area contributed by atoms with Crippen molar-refractivity contribution in [2.24, 2.45) is 11.8 Å². The molecule has 0 bridgehead atoms. The Labute approximate surface area is 163 Å². The molecule has 0 spiro atoms. The standard InChI is InChI=1S/C14H22N2O2S4Se/c1-2-3-9(11(19)5-13-17-21-13)10(4-8-7-23-16-15-8)12(20)6-14-18-22-14/h7,9-14,19-20H,2-6H2,1H3. The molecule has 0 amide bonds. The van der Waals surface area contributed by atoms with Gasteiger partial charge in [0.05, 0.1) is 0 Å². The quantitative estimate of drug-likeness (QED) is 0.230. The molecular formula is C14H22N2O2S4Se. The van der Waals surface area contributed by atoms with E-state index in [1.165, 1.54) is 6.42 Å². The molecule has 2 fully saturated rings. The molecule has 3 heterocycles. The van der Waals surface area contributed by atoms with Gasteiger partial charge in [-0.15, -0.1) is 0 Å². The van der Waals surface area contributed by atoms with Crippen molar-refractivity contribution in [1.29, 1.82) is 0 Å². The van der Waals surface area contributed by atoms with E-state index in [4.69, 9.17) is 33.6 Å². The van der Waals surface area contributed by atoms with Crippen LogP contribution < -0.4 is 0 Å². The number of hydrogen-bond acceptors (Lipinski definition) is 8. The first-order valence-corrected chi connectivity index (χ1v) is 12.3. The first-order chi connectivity index (χ1) is 11.2. The molecule has 0 saturated carbocycles. The third-order valence-corrected chi connectivity index (χ3v) is 8.01. The normalized spacial score (nSPS) is 28.1. The molecular weight excluding hydrogens is 435 g/mol. The molecule has 1 aromatic heterocycles. The van der Waals surface area contributed by atoms with Gasteiger partial charge < -0.3 is 0 Å². The van der Waals surface area contributed by atoms with Gasteiger partial charge in [0.15, 0.2) is 0 Å². The minimum absolute atomic E-state index is 0.195. The molecule has 2 aliphatic rings. The predicted octanol–water partition coefficient (Wildman–Crippen LogP) is 3.49. The molecule has 0 aromatic carbocycles. The predicted molar refractivity (Wildman–Crippen MR) is 104 cm³/mol. The van der Waals surface area contributed by atoms with E-state index in [1.807, 2.05) is 0 Å². The van der Waals surface area contributed by atoms with Gasteiger partial charge in [0.1, 0.15) is 0 Å². The maximum absolute atomic E-state index is 5.35. The Hall–Kier alpha value is 1.18. The van der Waals surface area contributed by atoms with Gasteiger partial charge in [-0.1, -0.05) is 0 Å². The number of hydrogen-bond donors (Lipinski definition) is 2. The van der Waals surface area contributed by atoms with Crippen LogP contribution in [0.4, 0.5) is 0 Å². The number of nitrogens with zero attached hydrogens (tertiary/aromatic N) is 2. The van der Waals surface area contributed by atoms with Gasteiger partial charge in [-0.25, -0.2) is 0 Å². The minimum atomic E-state index is 0.195. The van der Waals surface area contributed by atoms with Gasteiger partial charge in [0.25, 0.3) is 0 Å². The summed E-state index contributed by atoms with van der Waals surface area (Å²) in [7, 11) is 0. The molecule has 2 saturated heterocycles. The van der Waals surface area contributed by atoms with Gasteiger partial charge in [-0.05, 0) is 0 Å². The molecule has 6 atom stereocenters. The summed E-state index contributed by atoms with van der Waals surface area (Å²) in [5, 5.41) is 4.96. The second-order valence-electron chi connectivity index (χ2n) is 6.07. The van der Waals surface area contributed by atoms with Crippen LogP contribution in [0.15, 0.2) is 4.94 Å². The van der Waals surface area contributed by atoms with E-state index in [9.17, 15) is 0 Å². The Morgan fingerprint density at radius 2 is 1.78 bits per heavy atom. The summed E-state index contributed by atoms with van der Waals surface area (Å²) in [5.74, 6) is 0.969. The Morgan fingerprint density at radius 3 is 2.26 bits per heavy atom. The van der Waals surface area contributed by atoms with Crippen LogP contribution in [-0.2, 0) is 14.8 Å². The summed E-state index contributed by atoms with van der Waals surface area (Å²) in [4.78, 5) is 2.19. The van der Waals surface area contributed by atoms with Crippen molar-refractivity contribution in [1.82, 2.24) is 9.19 Å². The molecule has 6 unspecified atom stereocenters. The molecule has 0 radical (unpaired) electrons. The van der Waals surface area contributed by atoms with E-state index in [0.717, 1.165) is 31.4 Å². The fourth-order valence-corrected chi connectivity index (χ4v) is 6.32. The molecule has 23 heavy (non-hydrogen) atoms. The van der Waals surface area contributed by atoms with Crippen LogP contribution >= 0.6 is 49.3 Å². The SMILES string of the molecule is CCCC(C(S)CC1OS1)C(Cc1c[se]nn1)C(S)CC1OS1. The molecule has 1 aromatic rings. The third kappa shape index (κ3) is 6.13. The second-order valence-corrected chi connectivity index (χ2v) is 10.5. The van der Waals surface area contributed by atoms with Crippen molar-refractivity contribution in [2.45, 2.75) is 60.4 Å². The van der Waals surface area contributed by atoms with E-state index in [1.54, 1.807) is 24.1 Å². The third-order valence-electron chi connectivity index (χ3n) is 4.34. The summed E-state index contributed by atoms with van der Waals surface area (Å²) >= 11 is 13.2. The fraction of sp³-hybridized carbons (Fsp3) is 0.857. The Balaban J connectivity index is 1.70. The topological polar surface area (TPSA) is 50.8 Å².